The molecule has 0 amide bonds. The molecule has 1 N–H and O–H groups in total. The van der Waals surface area contributed by atoms with Gasteiger partial charge in [0.25, 0.3) is 0 Å². The van der Waals surface area contributed by atoms with Crippen LogP contribution in [0.15, 0.2) is 0 Å². The summed E-state index contributed by atoms with van der Waals surface area (Å²) < 4.78 is 0. The Hall–Kier alpha value is -0.0800. The molecule has 0 aliphatic carbocycles. The topological polar surface area (TPSA) is 15.3 Å². The lowest BCUT2D eigenvalue weighted by atomic mass is 10.0. The van der Waals surface area contributed by atoms with Crippen LogP contribution in [0.5, 0.6) is 0 Å². The molecular weight excluding hydrogens is 196 g/mol. The molecule has 0 radical (unpaired) electrons. The van der Waals surface area contributed by atoms with Crippen LogP contribution in [0.25, 0.3) is 0 Å². The van der Waals surface area contributed by atoms with Gasteiger partial charge in [-0.2, -0.15) is 0 Å². The summed E-state index contributed by atoms with van der Waals surface area (Å²) in [5, 5.41) is 3.56. The first-order chi connectivity index (χ1) is 7.83. The van der Waals surface area contributed by atoms with Crippen molar-refractivity contribution in [2.75, 3.05) is 32.7 Å². The van der Waals surface area contributed by atoms with Crippen molar-refractivity contribution in [3.8, 4) is 0 Å². The summed E-state index contributed by atoms with van der Waals surface area (Å²) >= 11 is 0. The second-order valence-electron chi connectivity index (χ2n) is 5.33. The summed E-state index contributed by atoms with van der Waals surface area (Å²) in [6.45, 7) is 10.9. The number of nitrogens with one attached hydrogen (secondary N) is 1. The van der Waals surface area contributed by atoms with Gasteiger partial charge >= 0.3 is 0 Å². The van der Waals surface area contributed by atoms with Crippen molar-refractivity contribution in [2.24, 2.45) is 5.92 Å². The molecule has 1 atom stereocenters. The molecule has 0 spiro atoms. The Kier molecular flexibility index (Phi) is 7.87. The van der Waals surface area contributed by atoms with E-state index in [2.05, 4.69) is 24.1 Å². The molecule has 0 bridgehead atoms. The normalized spacial score (nSPS) is 23.2. The molecule has 0 aromatic carbocycles. The first kappa shape index (κ1) is 14.0. The molecule has 1 saturated heterocycles. The van der Waals surface area contributed by atoms with Gasteiger partial charge in [-0.25, -0.2) is 0 Å². The number of hydrogen-bond donors (Lipinski definition) is 1. The number of unbranched alkanes of at least 4 members (excludes halogenated alkanes) is 2. The Morgan fingerprint density at radius 1 is 1.12 bits per heavy atom. The lowest BCUT2D eigenvalue weighted by Crippen LogP contribution is -2.33. The predicted molar refractivity (Wildman–Crippen MR) is 71.8 cm³/mol. The highest BCUT2D eigenvalue weighted by molar-refractivity contribution is 4.68. The standard InChI is InChI=1S/C14H30N2/c1-3-4-5-9-15-10-13-16-11-6-7-14(2)8-12-16/h14-15H,3-13H2,1-2H3. The van der Waals surface area contributed by atoms with Gasteiger partial charge in [0, 0.05) is 13.1 Å². The molecule has 1 rings (SSSR count). The molecule has 2 nitrogen and oxygen atoms in total. The van der Waals surface area contributed by atoms with Crippen LogP contribution in [0.2, 0.25) is 0 Å². The van der Waals surface area contributed by atoms with Crippen LogP contribution >= 0.6 is 0 Å². The highest BCUT2D eigenvalue weighted by Gasteiger charge is 2.12. The van der Waals surface area contributed by atoms with Gasteiger partial charge in [0.2, 0.25) is 0 Å². The maximum absolute atomic E-state index is 3.56. The number of rotatable bonds is 7. The third-order valence-corrected chi connectivity index (χ3v) is 3.67. The maximum atomic E-state index is 3.56. The average molecular weight is 226 g/mol. The van der Waals surface area contributed by atoms with E-state index in [-0.39, 0.29) is 0 Å². The zero-order valence-electron chi connectivity index (χ0n) is 11.3. The Bertz CT molecular complexity index is 159. The monoisotopic (exact) mass is 226 g/mol. The van der Waals surface area contributed by atoms with Crippen LogP contribution < -0.4 is 5.32 Å². The van der Waals surface area contributed by atoms with Crippen molar-refractivity contribution in [3.63, 3.8) is 0 Å². The molecule has 1 aliphatic rings. The van der Waals surface area contributed by atoms with E-state index in [1.54, 1.807) is 0 Å². The molecule has 1 unspecified atom stereocenters. The van der Waals surface area contributed by atoms with E-state index in [1.165, 1.54) is 71.2 Å². The molecule has 1 aliphatic heterocycles. The fourth-order valence-corrected chi connectivity index (χ4v) is 2.41. The fraction of sp³-hybridized carbons (Fsp3) is 1.00. The third kappa shape index (κ3) is 6.49. The van der Waals surface area contributed by atoms with Gasteiger partial charge in [0.05, 0.1) is 0 Å². The van der Waals surface area contributed by atoms with Crippen molar-refractivity contribution in [1.82, 2.24) is 10.2 Å². The quantitative estimate of drug-likeness (QED) is 0.672. The van der Waals surface area contributed by atoms with Crippen LogP contribution in [0, 0.1) is 5.92 Å². The molecule has 1 heterocycles. The minimum absolute atomic E-state index is 0.947. The van der Waals surface area contributed by atoms with Gasteiger partial charge in [0.1, 0.15) is 0 Å². The number of likely N-dealkylation sites (tertiary alicyclic amines) is 1. The Labute approximate surface area is 102 Å². The van der Waals surface area contributed by atoms with Crippen LogP contribution in [-0.2, 0) is 0 Å². The third-order valence-electron chi connectivity index (χ3n) is 3.67. The smallest absolute Gasteiger partial charge is 0.0107 e. The van der Waals surface area contributed by atoms with Crippen molar-refractivity contribution >= 4 is 0 Å². The Morgan fingerprint density at radius 3 is 2.81 bits per heavy atom. The summed E-state index contributed by atoms with van der Waals surface area (Å²) in [7, 11) is 0. The summed E-state index contributed by atoms with van der Waals surface area (Å²) in [4.78, 5) is 2.64. The van der Waals surface area contributed by atoms with Crippen molar-refractivity contribution < 1.29 is 0 Å². The lowest BCUT2D eigenvalue weighted by Gasteiger charge is -2.20. The van der Waals surface area contributed by atoms with Crippen LogP contribution in [-0.4, -0.2) is 37.6 Å². The first-order valence-electron chi connectivity index (χ1n) is 7.26. The van der Waals surface area contributed by atoms with Crippen molar-refractivity contribution in [1.29, 1.82) is 0 Å². The van der Waals surface area contributed by atoms with Gasteiger partial charge in [-0.3, -0.25) is 0 Å². The summed E-state index contributed by atoms with van der Waals surface area (Å²) in [6.07, 6.45) is 8.26. The SMILES string of the molecule is CCCCCNCCN1CCCC(C)CC1. The molecule has 0 aromatic rings. The van der Waals surface area contributed by atoms with Crippen LogP contribution in [0.3, 0.4) is 0 Å². The van der Waals surface area contributed by atoms with Gasteiger partial charge in [0.15, 0.2) is 0 Å². The fourth-order valence-electron chi connectivity index (χ4n) is 2.41. The minimum Gasteiger partial charge on any atom is -0.315 e. The summed E-state index contributed by atoms with van der Waals surface area (Å²) in [5.74, 6) is 0.947. The molecule has 16 heavy (non-hydrogen) atoms. The molecular formula is C14H30N2. The van der Waals surface area contributed by atoms with Gasteiger partial charge in [-0.15, -0.1) is 0 Å². The zero-order valence-corrected chi connectivity index (χ0v) is 11.3. The van der Waals surface area contributed by atoms with E-state index >= 15 is 0 Å². The van der Waals surface area contributed by atoms with Gasteiger partial charge < -0.3 is 10.2 Å². The molecule has 96 valence electrons. The lowest BCUT2D eigenvalue weighted by molar-refractivity contribution is 0.281. The van der Waals surface area contributed by atoms with E-state index in [0.717, 1.165) is 5.92 Å². The number of nitrogens with zero attached hydrogens (tertiary/aromatic N) is 1. The molecule has 0 saturated carbocycles. The van der Waals surface area contributed by atoms with E-state index < -0.39 is 0 Å². The highest BCUT2D eigenvalue weighted by atomic mass is 15.1. The largest absolute Gasteiger partial charge is 0.315 e. The van der Waals surface area contributed by atoms with E-state index in [0.29, 0.717) is 0 Å². The van der Waals surface area contributed by atoms with Gasteiger partial charge in [-0.1, -0.05) is 26.7 Å². The van der Waals surface area contributed by atoms with E-state index in [1.807, 2.05) is 0 Å². The highest BCUT2D eigenvalue weighted by Crippen LogP contribution is 2.15. The van der Waals surface area contributed by atoms with Crippen LogP contribution in [0.1, 0.15) is 52.4 Å². The second kappa shape index (κ2) is 9.00. The minimum atomic E-state index is 0.947. The average Bonchev–Trinajstić information content (AvgIpc) is 2.49. The number of hydrogen-bond acceptors (Lipinski definition) is 2. The maximum Gasteiger partial charge on any atom is 0.0107 e. The molecule has 2 heteroatoms. The first-order valence-corrected chi connectivity index (χ1v) is 7.26. The summed E-state index contributed by atoms with van der Waals surface area (Å²) in [5.41, 5.74) is 0. The molecule has 1 fully saturated rings. The van der Waals surface area contributed by atoms with E-state index in [4.69, 9.17) is 0 Å². The Balaban J connectivity index is 1.95. The predicted octanol–water partition coefficient (Wildman–Crippen LogP) is 2.89. The van der Waals surface area contributed by atoms with Gasteiger partial charge in [-0.05, 0) is 51.2 Å². The van der Waals surface area contributed by atoms with Crippen molar-refractivity contribution in [3.05, 3.63) is 0 Å². The molecule has 0 aromatic heterocycles. The van der Waals surface area contributed by atoms with Crippen molar-refractivity contribution in [2.45, 2.75) is 52.4 Å². The van der Waals surface area contributed by atoms with E-state index in [9.17, 15) is 0 Å². The summed E-state index contributed by atoms with van der Waals surface area (Å²) in [6, 6.07) is 0. The Morgan fingerprint density at radius 2 is 2.00 bits per heavy atom. The zero-order chi connectivity index (χ0) is 11.6. The van der Waals surface area contributed by atoms with Crippen LogP contribution in [0.4, 0.5) is 0 Å². The second-order valence-corrected chi connectivity index (χ2v) is 5.33.